The zero-order valence-corrected chi connectivity index (χ0v) is 26.1. The number of nitrogens with one attached hydrogen (secondary N) is 2. The zero-order chi connectivity index (χ0) is 31.3. The SMILES string of the molecule is CC1=Cc2c(oc3ccccc23)C(C2=C(C3(C)c4cc(CNN(C)N)ccc4-c4ccc(/C(C=N)=C/N)cc43)CCC=C2)=CC1. The number of hydrogen-bond donors (Lipinski definition) is 4. The molecule has 0 saturated heterocycles. The highest BCUT2D eigenvalue weighted by molar-refractivity contribution is 6.08. The number of nitrogens with zero attached hydrogens (tertiary/aromatic N) is 1. The van der Waals surface area contributed by atoms with E-state index in [1.807, 2.05) is 6.07 Å². The Labute approximate surface area is 264 Å². The van der Waals surface area contributed by atoms with Crippen molar-refractivity contribution in [2.45, 2.75) is 45.1 Å². The maximum Gasteiger partial charge on any atom is 0.142 e. The summed E-state index contributed by atoms with van der Waals surface area (Å²) in [6.45, 7) is 5.19. The average molecular weight is 594 g/mol. The number of para-hydroxylation sites is 1. The highest BCUT2D eigenvalue weighted by atomic mass is 16.3. The Bertz CT molecular complexity index is 2020. The Morgan fingerprint density at radius 3 is 2.64 bits per heavy atom. The van der Waals surface area contributed by atoms with E-state index < -0.39 is 5.41 Å². The summed E-state index contributed by atoms with van der Waals surface area (Å²) < 4.78 is 6.67. The van der Waals surface area contributed by atoms with Crippen molar-refractivity contribution in [3.8, 4) is 11.1 Å². The number of hydrogen-bond acceptors (Lipinski definition) is 6. The smallest absolute Gasteiger partial charge is 0.142 e. The van der Waals surface area contributed by atoms with E-state index in [0.29, 0.717) is 12.1 Å². The molecule has 6 nitrogen and oxygen atoms in total. The number of benzene rings is 3. The molecule has 0 bridgehead atoms. The highest BCUT2D eigenvalue weighted by Gasteiger charge is 2.44. The van der Waals surface area contributed by atoms with Crippen molar-refractivity contribution in [1.82, 2.24) is 10.5 Å². The lowest BCUT2D eigenvalue weighted by molar-refractivity contribution is 0.238. The first-order valence-corrected chi connectivity index (χ1v) is 15.6. The van der Waals surface area contributed by atoms with E-state index in [4.69, 9.17) is 21.4 Å². The van der Waals surface area contributed by atoms with Crippen LogP contribution in [0.15, 0.2) is 106 Å². The van der Waals surface area contributed by atoms with Gasteiger partial charge in [0.05, 0.1) is 0 Å². The van der Waals surface area contributed by atoms with Gasteiger partial charge in [0.15, 0.2) is 0 Å². The number of hydrazine groups is 2. The Morgan fingerprint density at radius 2 is 1.87 bits per heavy atom. The van der Waals surface area contributed by atoms with Gasteiger partial charge >= 0.3 is 0 Å². The van der Waals surface area contributed by atoms with Crippen molar-refractivity contribution < 1.29 is 4.42 Å². The van der Waals surface area contributed by atoms with E-state index in [1.165, 1.54) is 56.5 Å². The molecule has 0 spiro atoms. The molecule has 0 amide bonds. The van der Waals surface area contributed by atoms with Gasteiger partial charge in [0, 0.05) is 53.5 Å². The second kappa shape index (κ2) is 11.3. The first kappa shape index (κ1) is 29.0. The van der Waals surface area contributed by atoms with Crippen LogP contribution in [-0.4, -0.2) is 18.4 Å². The number of allylic oxidation sites excluding steroid dienone is 8. The fourth-order valence-corrected chi connectivity index (χ4v) is 7.37. The van der Waals surface area contributed by atoms with Crippen molar-refractivity contribution >= 4 is 34.4 Å². The lowest BCUT2D eigenvalue weighted by atomic mass is 9.68. The fraction of sp³-hybridized carbons (Fsp3) is 0.205. The van der Waals surface area contributed by atoms with E-state index in [1.54, 1.807) is 7.05 Å². The van der Waals surface area contributed by atoms with Gasteiger partial charge in [-0.1, -0.05) is 78.4 Å². The Hall–Kier alpha value is -4.75. The summed E-state index contributed by atoms with van der Waals surface area (Å²) in [7, 11) is 1.80. The van der Waals surface area contributed by atoms with Crippen LogP contribution in [0.25, 0.3) is 39.3 Å². The average Bonchev–Trinajstić information content (AvgIpc) is 3.47. The molecular weight excluding hydrogens is 554 g/mol. The molecule has 7 rings (SSSR count). The van der Waals surface area contributed by atoms with Gasteiger partial charge in [-0.3, -0.25) is 5.84 Å². The summed E-state index contributed by atoms with van der Waals surface area (Å²) in [4.78, 5) is 0. The molecule has 4 aromatic rings. The van der Waals surface area contributed by atoms with Gasteiger partial charge in [-0.05, 0) is 89.8 Å². The van der Waals surface area contributed by atoms with Gasteiger partial charge in [0.1, 0.15) is 11.3 Å². The lowest BCUT2D eigenvalue weighted by Crippen LogP contribution is -2.39. The van der Waals surface area contributed by atoms with Crippen molar-refractivity contribution in [3.63, 3.8) is 0 Å². The zero-order valence-electron chi connectivity index (χ0n) is 26.1. The highest BCUT2D eigenvalue weighted by Crippen LogP contribution is 2.57. The van der Waals surface area contributed by atoms with Crippen LogP contribution in [0.3, 0.4) is 0 Å². The molecule has 3 aromatic carbocycles. The van der Waals surface area contributed by atoms with Gasteiger partial charge in [-0.2, -0.15) is 5.12 Å². The van der Waals surface area contributed by atoms with E-state index in [0.717, 1.165) is 58.3 Å². The predicted molar refractivity (Wildman–Crippen MR) is 186 cm³/mol. The quantitative estimate of drug-likeness (QED) is 0.0987. The molecular formula is C39H39N5O. The van der Waals surface area contributed by atoms with E-state index >= 15 is 0 Å². The van der Waals surface area contributed by atoms with Crippen LogP contribution in [-0.2, 0) is 12.0 Å². The largest absolute Gasteiger partial charge is 0.455 e. The van der Waals surface area contributed by atoms with E-state index in [2.05, 4.69) is 98.2 Å². The van der Waals surface area contributed by atoms with Gasteiger partial charge < -0.3 is 15.6 Å². The Kier molecular flexibility index (Phi) is 7.29. The summed E-state index contributed by atoms with van der Waals surface area (Å²) in [6.07, 6.45) is 14.8. The van der Waals surface area contributed by atoms with Crippen LogP contribution in [0.2, 0.25) is 0 Å². The number of rotatable bonds is 7. The van der Waals surface area contributed by atoms with E-state index in [-0.39, 0.29) is 0 Å². The molecule has 0 aliphatic heterocycles. The monoisotopic (exact) mass is 593 g/mol. The standard InChI is InChI=1S/C39H39N5O/c1-24-12-15-32(38-33(18-24)31-9-5-7-11-37(31)45-38)28-8-4-6-10-34(28)39(2)35-19-25(23-43-44(3)42)13-16-29(35)30-17-14-26(20-36(30)39)27(21-40)22-41/h4-5,7-9,11,13-22,40,43H,6,10,12,23,41-42H2,1-3H3/b27-22+,40-21?. The van der Waals surface area contributed by atoms with Crippen LogP contribution in [0.1, 0.15) is 66.7 Å². The van der Waals surface area contributed by atoms with E-state index in [9.17, 15) is 0 Å². The van der Waals surface area contributed by atoms with Crippen molar-refractivity contribution in [1.29, 1.82) is 5.41 Å². The minimum atomic E-state index is -0.436. The molecule has 6 heteroatoms. The van der Waals surface area contributed by atoms with Crippen LogP contribution in [0, 0.1) is 5.41 Å². The normalized spacial score (nSPS) is 19.3. The molecule has 45 heavy (non-hydrogen) atoms. The molecule has 3 aliphatic carbocycles. The maximum absolute atomic E-state index is 8.01. The third-order valence-corrected chi connectivity index (χ3v) is 9.63. The molecule has 226 valence electrons. The first-order chi connectivity index (χ1) is 21.8. The molecule has 0 saturated carbocycles. The summed E-state index contributed by atoms with van der Waals surface area (Å²) in [6, 6.07) is 21.6. The second-order valence-corrected chi connectivity index (χ2v) is 12.5. The fourth-order valence-electron chi connectivity index (χ4n) is 7.37. The molecule has 1 heterocycles. The molecule has 1 aromatic heterocycles. The number of fused-ring (bicyclic) bond motifs is 6. The van der Waals surface area contributed by atoms with Crippen LogP contribution in [0.4, 0.5) is 0 Å². The molecule has 3 aliphatic rings. The molecule has 0 radical (unpaired) electrons. The molecule has 0 fully saturated rings. The van der Waals surface area contributed by atoms with Gasteiger partial charge in [-0.15, -0.1) is 0 Å². The Morgan fingerprint density at radius 1 is 1.09 bits per heavy atom. The summed E-state index contributed by atoms with van der Waals surface area (Å²) in [5, 5.41) is 10.6. The van der Waals surface area contributed by atoms with Gasteiger partial charge in [-0.25, -0.2) is 5.43 Å². The van der Waals surface area contributed by atoms with Crippen molar-refractivity contribution in [3.05, 3.63) is 135 Å². The number of furan rings is 1. The molecule has 1 unspecified atom stereocenters. The van der Waals surface area contributed by atoms with Crippen molar-refractivity contribution in [2.75, 3.05) is 7.05 Å². The summed E-state index contributed by atoms with van der Waals surface area (Å²) in [5.74, 6) is 6.84. The maximum atomic E-state index is 8.01. The first-order valence-electron chi connectivity index (χ1n) is 15.6. The number of nitrogens with two attached hydrogens (primary N) is 2. The third kappa shape index (κ3) is 4.73. The van der Waals surface area contributed by atoms with Crippen molar-refractivity contribution in [2.24, 2.45) is 11.6 Å². The molecule has 1 atom stereocenters. The van der Waals surface area contributed by atoms with Gasteiger partial charge in [0.25, 0.3) is 0 Å². The van der Waals surface area contributed by atoms with Crippen LogP contribution < -0.4 is 17.0 Å². The topological polar surface area (TPSA) is 104 Å². The second-order valence-electron chi connectivity index (χ2n) is 12.5. The minimum absolute atomic E-state index is 0.436. The van der Waals surface area contributed by atoms with Gasteiger partial charge in [0.2, 0.25) is 0 Å². The predicted octanol–water partition coefficient (Wildman–Crippen LogP) is 8.02. The minimum Gasteiger partial charge on any atom is -0.455 e. The Balaban J connectivity index is 1.49. The van der Waals surface area contributed by atoms with Crippen LogP contribution in [0.5, 0.6) is 0 Å². The van der Waals surface area contributed by atoms with Crippen LogP contribution >= 0.6 is 0 Å². The summed E-state index contributed by atoms with van der Waals surface area (Å²) in [5.41, 5.74) is 23.6. The third-order valence-electron chi connectivity index (χ3n) is 9.63. The lowest BCUT2D eigenvalue weighted by Gasteiger charge is -2.35. The summed E-state index contributed by atoms with van der Waals surface area (Å²) >= 11 is 0. The molecule has 6 N–H and O–H groups in total.